The molecule has 0 unspecified atom stereocenters. The van der Waals surface area contributed by atoms with E-state index >= 15 is 0 Å². The highest BCUT2D eigenvalue weighted by Crippen LogP contribution is 2.48. The summed E-state index contributed by atoms with van der Waals surface area (Å²) in [5.74, 6) is 1.78. The van der Waals surface area contributed by atoms with Crippen molar-refractivity contribution in [1.82, 2.24) is 9.88 Å². The fourth-order valence-corrected chi connectivity index (χ4v) is 4.80. The van der Waals surface area contributed by atoms with Gasteiger partial charge in [-0.05, 0) is 49.8 Å². The zero-order valence-corrected chi connectivity index (χ0v) is 16.1. The molecular formula is C21H26N2O4. The summed E-state index contributed by atoms with van der Waals surface area (Å²) in [5.41, 5.74) is 0.605. The van der Waals surface area contributed by atoms with E-state index in [-0.39, 0.29) is 11.8 Å². The molecule has 0 radical (unpaired) electrons. The van der Waals surface area contributed by atoms with Crippen molar-refractivity contribution < 1.29 is 19.1 Å². The molecule has 2 fully saturated rings. The molecule has 1 aliphatic carbocycles. The molecule has 0 spiro atoms. The Morgan fingerprint density at radius 3 is 2.67 bits per heavy atom. The van der Waals surface area contributed by atoms with Gasteiger partial charge in [-0.25, -0.2) is 4.98 Å². The van der Waals surface area contributed by atoms with E-state index in [2.05, 4.69) is 4.98 Å². The van der Waals surface area contributed by atoms with Crippen molar-refractivity contribution in [3.05, 3.63) is 47.2 Å². The molecule has 1 aromatic heterocycles. The van der Waals surface area contributed by atoms with Gasteiger partial charge in [0.15, 0.2) is 5.89 Å². The van der Waals surface area contributed by atoms with Crippen molar-refractivity contribution in [3.63, 3.8) is 0 Å². The molecule has 6 heteroatoms. The van der Waals surface area contributed by atoms with E-state index in [1.165, 1.54) is 0 Å². The number of rotatable bonds is 3. The van der Waals surface area contributed by atoms with Crippen LogP contribution in [0.15, 0.2) is 28.7 Å². The van der Waals surface area contributed by atoms with Crippen LogP contribution in [0.25, 0.3) is 0 Å². The van der Waals surface area contributed by atoms with E-state index in [1.54, 1.807) is 21.0 Å². The molecule has 2 heterocycles. The normalized spacial score (nSPS) is 27.5. The van der Waals surface area contributed by atoms with E-state index in [0.717, 1.165) is 24.2 Å². The largest absolute Gasteiger partial charge is 0.497 e. The third-order valence-electron chi connectivity index (χ3n) is 6.16. The summed E-state index contributed by atoms with van der Waals surface area (Å²) in [6.45, 7) is 4.73. The van der Waals surface area contributed by atoms with Gasteiger partial charge in [0.25, 0.3) is 5.91 Å². The van der Waals surface area contributed by atoms with E-state index in [9.17, 15) is 9.90 Å². The van der Waals surface area contributed by atoms with E-state index in [4.69, 9.17) is 9.15 Å². The van der Waals surface area contributed by atoms with Crippen molar-refractivity contribution in [1.29, 1.82) is 0 Å². The molecule has 1 aliphatic heterocycles. The first-order chi connectivity index (χ1) is 12.9. The van der Waals surface area contributed by atoms with Crippen LogP contribution in [0.2, 0.25) is 0 Å². The Labute approximate surface area is 159 Å². The van der Waals surface area contributed by atoms with Crippen LogP contribution < -0.4 is 4.74 Å². The Hall–Kier alpha value is -2.34. The van der Waals surface area contributed by atoms with E-state index < -0.39 is 5.60 Å². The zero-order chi connectivity index (χ0) is 19.2. The predicted octanol–water partition coefficient (Wildman–Crippen LogP) is 3.06. The fraction of sp³-hybridized carbons (Fsp3) is 0.524. The van der Waals surface area contributed by atoms with Crippen molar-refractivity contribution in [2.45, 2.75) is 38.7 Å². The van der Waals surface area contributed by atoms with Crippen LogP contribution in [-0.4, -0.2) is 41.1 Å². The summed E-state index contributed by atoms with van der Waals surface area (Å²) in [5, 5.41) is 11.6. The molecule has 144 valence electrons. The Bertz CT molecular complexity index is 844. The Morgan fingerprint density at radius 1 is 1.30 bits per heavy atom. The number of benzene rings is 1. The second-order valence-corrected chi connectivity index (χ2v) is 7.77. The fourth-order valence-electron chi connectivity index (χ4n) is 4.80. The summed E-state index contributed by atoms with van der Waals surface area (Å²) < 4.78 is 10.8. The maximum Gasteiger partial charge on any atom is 0.291 e. The van der Waals surface area contributed by atoms with Gasteiger partial charge < -0.3 is 19.2 Å². The van der Waals surface area contributed by atoms with Gasteiger partial charge in [-0.3, -0.25) is 4.79 Å². The number of likely N-dealkylation sites (tertiary alicyclic amines) is 1. The average molecular weight is 370 g/mol. The van der Waals surface area contributed by atoms with Gasteiger partial charge in [-0.2, -0.15) is 0 Å². The van der Waals surface area contributed by atoms with Crippen LogP contribution >= 0.6 is 0 Å². The molecule has 0 bridgehead atoms. The lowest BCUT2D eigenvalue weighted by molar-refractivity contribution is -0.0644. The lowest BCUT2D eigenvalue weighted by atomic mass is 9.67. The number of carbonyl (C=O) groups excluding carboxylic acids is 1. The summed E-state index contributed by atoms with van der Waals surface area (Å²) >= 11 is 0. The Kier molecular flexibility index (Phi) is 4.46. The summed E-state index contributed by atoms with van der Waals surface area (Å²) in [6, 6.07) is 7.65. The lowest BCUT2D eigenvalue weighted by Crippen LogP contribution is -2.43. The van der Waals surface area contributed by atoms with Crippen molar-refractivity contribution in [3.8, 4) is 5.75 Å². The Morgan fingerprint density at radius 2 is 2.04 bits per heavy atom. The maximum atomic E-state index is 12.9. The van der Waals surface area contributed by atoms with Crippen LogP contribution in [0, 0.1) is 25.7 Å². The van der Waals surface area contributed by atoms with Crippen LogP contribution in [0.5, 0.6) is 5.75 Å². The second kappa shape index (κ2) is 6.68. The van der Waals surface area contributed by atoms with E-state index in [1.807, 2.05) is 29.2 Å². The first kappa shape index (κ1) is 18.0. The average Bonchev–Trinajstić information content (AvgIpc) is 3.25. The highest BCUT2D eigenvalue weighted by atomic mass is 16.5. The second-order valence-electron chi connectivity index (χ2n) is 7.77. The van der Waals surface area contributed by atoms with Crippen molar-refractivity contribution in [2.75, 3.05) is 20.2 Å². The summed E-state index contributed by atoms with van der Waals surface area (Å²) in [4.78, 5) is 19.0. The van der Waals surface area contributed by atoms with Gasteiger partial charge in [-0.15, -0.1) is 0 Å². The molecular weight excluding hydrogens is 344 g/mol. The molecule has 1 aromatic carbocycles. The number of aliphatic hydroxyl groups is 1. The highest BCUT2D eigenvalue weighted by molar-refractivity contribution is 5.92. The predicted molar refractivity (Wildman–Crippen MR) is 99.6 cm³/mol. The number of nitrogens with zero attached hydrogens (tertiary/aromatic N) is 2. The number of amides is 1. The van der Waals surface area contributed by atoms with Crippen LogP contribution in [0.3, 0.4) is 0 Å². The van der Waals surface area contributed by atoms with Crippen LogP contribution in [0.4, 0.5) is 0 Å². The molecule has 3 atom stereocenters. The molecule has 27 heavy (non-hydrogen) atoms. The minimum absolute atomic E-state index is 0.0212. The third-order valence-corrected chi connectivity index (χ3v) is 6.16. The highest BCUT2D eigenvalue weighted by Gasteiger charge is 2.51. The van der Waals surface area contributed by atoms with Crippen LogP contribution in [-0.2, 0) is 5.60 Å². The van der Waals surface area contributed by atoms with Gasteiger partial charge in [0, 0.05) is 25.9 Å². The van der Waals surface area contributed by atoms with Crippen molar-refractivity contribution in [2.24, 2.45) is 11.8 Å². The quantitative estimate of drug-likeness (QED) is 0.899. The van der Waals surface area contributed by atoms with Gasteiger partial charge >= 0.3 is 0 Å². The van der Waals surface area contributed by atoms with Crippen LogP contribution in [0.1, 0.15) is 47.0 Å². The number of hydrogen-bond donors (Lipinski definition) is 1. The molecule has 1 N–H and O–H groups in total. The molecule has 1 saturated carbocycles. The molecule has 2 aliphatic rings. The Balaban J connectivity index is 1.59. The molecule has 1 amide bonds. The van der Waals surface area contributed by atoms with Gasteiger partial charge in [-0.1, -0.05) is 12.1 Å². The number of hydrogen-bond acceptors (Lipinski definition) is 5. The minimum Gasteiger partial charge on any atom is -0.497 e. The summed E-state index contributed by atoms with van der Waals surface area (Å²) in [6.07, 6.45) is 2.69. The first-order valence-corrected chi connectivity index (χ1v) is 9.52. The van der Waals surface area contributed by atoms with Crippen molar-refractivity contribution >= 4 is 5.91 Å². The number of oxazole rings is 1. The molecule has 6 nitrogen and oxygen atoms in total. The molecule has 4 rings (SSSR count). The van der Waals surface area contributed by atoms with Gasteiger partial charge in [0.2, 0.25) is 5.76 Å². The van der Waals surface area contributed by atoms with Gasteiger partial charge in [0.05, 0.1) is 18.4 Å². The zero-order valence-electron chi connectivity index (χ0n) is 16.1. The standard InChI is InChI=1S/C21H26N2O4/c1-13-19(27-14(2)22-13)20(24)23-11-15-5-4-10-21(25,18(15)12-23)16-6-8-17(26-3)9-7-16/h6-9,15,18,25H,4-5,10-12H2,1-3H3/t15-,18+,21+/m0/s1. The number of carbonyl (C=O) groups is 1. The lowest BCUT2D eigenvalue weighted by Gasteiger charge is -2.41. The van der Waals surface area contributed by atoms with Gasteiger partial charge in [0.1, 0.15) is 5.75 Å². The smallest absolute Gasteiger partial charge is 0.291 e. The number of ether oxygens (including phenoxy) is 1. The van der Waals surface area contributed by atoms with E-state index in [0.29, 0.717) is 42.8 Å². The topological polar surface area (TPSA) is 75.8 Å². The minimum atomic E-state index is -0.920. The maximum absolute atomic E-state index is 12.9. The number of aryl methyl sites for hydroxylation is 2. The molecule has 1 saturated heterocycles. The number of aromatic nitrogens is 1. The third kappa shape index (κ3) is 3.02. The first-order valence-electron chi connectivity index (χ1n) is 9.52. The monoisotopic (exact) mass is 370 g/mol. The SMILES string of the molecule is COc1ccc([C@]2(O)CCC[C@H]3CN(C(=O)c4oc(C)nc4C)C[C@H]32)cc1. The number of fused-ring (bicyclic) bond motifs is 1. The molecule has 2 aromatic rings. The number of methoxy groups -OCH3 is 1. The summed E-state index contributed by atoms with van der Waals surface area (Å²) in [7, 11) is 1.63.